The Bertz CT molecular complexity index is 581. The lowest BCUT2D eigenvalue weighted by Gasteiger charge is -2.30. The van der Waals surface area contributed by atoms with Gasteiger partial charge in [-0.15, -0.1) is 0 Å². The monoisotopic (exact) mass is 549 g/mol. The van der Waals surface area contributed by atoms with Crippen LogP contribution < -0.4 is 4.89 Å². The van der Waals surface area contributed by atoms with Crippen molar-refractivity contribution in [1.29, 1.82) is 0 Å². The second kappa shape index (κ2) is 23.4. The molecule has 0 aromatic heterocycles. The molecule has 7 nitrogen and oxygen atoms in total. The number of unbranched alkanes of at least 4 members (excludes halogenated alkanes) is 16. The molecule has 0 aliphatic rings. The van der Waals surface area contributed by atoms with Gasteiger partial charge >= 0.3 is 5.97 Å². The van der Waals surface area contributed by atoms with Gasteiger partial charge in [0.15, 0.2) is 0 Å². The molecular formula is C29H60NO6P. The molecule has 0 aliphatic heterocycles. The van der Waals surface area contributed by atoms with Gasteiger partial charge in [0.1, 0.15) is 13.7 Å². The summed E-state index contributed by atoms with van der Waals surface area (Å²) in [4.78, 5) is 23.5. The standard InChI is InChI=1S/C29H60NO6P/c1-6-7-8-9-10-11-12-13-14-15-16-17-18-19-20-21-22-24-34-26-29(36-28(2)31)27-35-37(32,33)25-23-30(3,4)5/h29H,6-27H2,1-5H3. The maximum atomic E-state index is 12.1. The molecule has 2 unspecified atom stereocenters. The fraction of sp³-hybridized carbons (Fsp3) is 0.966. The highest BCUT2D eigenvalue weighted by atomic mass is 31.2. The van der Waals surface area contributed by atoms with E-state index in [1.54, 1.807) is 0 Å². The summed E-state index contributed by atoms with van der Waals surface area (Å²) in [5, 5.41) is 0. The average Bonchev–Trinajstić information content (AvgIpc) is 2.82. The zero-order valence-electron chi connectivity index (χ0n) is 25.0. The molecule has 0 saturated carbocycles. The minimum Gasteiger partial charge on any atom is -0.778 e. The van der Waals surface area contributed by atoms with Crippen molar-refractivity contribution in [1.82, 2.24) is 0 Å². The summed E-state index contributed by atoms with van der Waals surface area (Å²) in [6.07, 6.45) is 21.8. The van der Waals surface area contributed by atoms with Crippen LogP contribution in [0.25, 0.3) is 0 Å². The highest BCUT2D eigenvalue weighted by Gasteiger charge is 2.19. The Labute approximate surface area is 229 Å². The minimum atomic E-state index is -3.98. The molecule has 0 saturated heterocycles. The summed E-state index contributed by atoms with van der Waals surface area (Å²) in [7, 11) is 1.80. The first kappa shape index (κ1) is 36.5. The van der Waals surface area contributed by atoms with Crippen LogP contribution >= 0.6 is 7.60 Å². The van der Waals surface area contributed by atoms with E-state index in [1.165, 1.54) is 103 Å². The Morgan fingerprint density at radius 2 is 1.19 bits per heavy atom. The first-order valence-electron chi connectivity index (χ1n) is 15.1. The van der Waals surface area contributed by atoms with E-state index in [4.69, 9.17) is 14.0 Å². The number of hydrogen-bond donors (Lipinski definition) is 0. The number of rotatable bonds is 27. The molecule has 0 heterocycles. The van der Waals surface area contributed by atoms with Gasteiger partial charge in [-0.1, -0.05) is 110 Å². The lowest BCUT2D eigenvalue weighted by Crippen LogP contribution is -2.38. The first-order chi connectivity index (χ1) is 17.6. The summed E-state index contributed by atoms with van der Waals surface area (Å²) < 4.78 is 28.6. The Kier molecular flexibility index (Phi) is 23.1. The number of carbonyl (C=O) groups is 1. The van der Waals surface area contributed by atoms with Crippen molar-refractivity contribution in [3.8, 4) is 0 Å². The van der Waals surface area contributed by atoms with Crippen molar-refractivity contribution in [3.63, 3.8) is 0 Å². The van der Waals surface area contributed by atoms with Gasteiger partial charge in [-0.3, -0.25) is 4.79 Å². The number of quaternary nitrogens is 1. The molecule has 37 heavy (non-hydrogen) atoms. The number of nitrogens with zero attached hydrogens (tertiary/aromatic N) is 1. The van der Waals surface area contributed by atoms with Gasteiger partial charge in [0, 0.05) is 13.5 Å². The zero-order valence-corrected chi connectivity index (χ0v) is 25.9. The first-order valence-corrected chi connectivity index (χ1v) is 16.8. The molecule has 0 rings (SSSR count). The van der Waals surface area contributed by atoms with Crippen LogP contribution in [-0.4, -0.2) is 70.2 Å². The molecule has 0 aromatic rings. The lowest BCUT2D eigenvalue weighted by atomic mass is 10.0. The molecule has 0 amide bonds. The third kappa shape index (κ3) is 28.4. The predicted octanol–water partition coefficient (Wildman–Crippen LogP) is 6.86. The van der Waals surface area contributed by atoms with Crippen molar-refractivity contribution in [2.45, 2.75) is 129 Å². The third-order valence-electron chi connectivity index (χ3n) is 6.53. The van der Waals surface area contributed by atoms with Gasteiger partial charge < -0.3 is 27.9 Å². The van der Waals surface area contributed by atoms with Gasteiger partial charge in [0.2, 0.25) is 0 Å². The van der Waals surface area contributed by atoms with E-state index < -0.39 is 19.7 Å². The maximum absolute atomic E-state index is 12.1. The number of carbonyl (C=O) groups excluding carboxylic acids is 1. The van der Waals surface area contributed by atoms with Gasteiger partial charge in [0.05, 0.1) is 47.1 Å². The van der Waals surface area contributed by atoms with Gasteiger partial charge in [-0.25, -0.2) is 0 Å². The van der Waals surface area contributed by atoms with Crippen molar-refractivity contribution in [3.05, 3.63) is 0 Å². The van der Waals surface area contributed by atoms with E-state index in [2.05, 4.69) is 6.92 Å². The Morgan fingerprint density at radius 1 is 0.757 bits per heavy atom. The molecule has 0 fully saturated rings. The van der Waals surface area contributed by atoms with Crippen molar-refractivity contribution >= 4 is 13.6 Å². The van der Waals surface area contributed by atoms with Crippen LogP contribution in [0.1, 0.15) is 123 Å². The van der Waals surface area contributed by atoms with E-state index >= 15 is 0 Å². The Morgan fingerprint density at radius 3 is 1.59 bits per heavy atom. The van der Waals surface area contributed by atoms with E-state index in [0.29, 0.717) is 17.6 Å². The molecule has 2 atom stereocenters. The van der Waals surface area contributed by atoms with Crippen LogP contribution in [0.4, 0.5) is 0 Å². The van der Waals surface area contributed by atoms with Crippen molar-refractivity contribution < 1.29 is 32.7 Å². The average molecular weight is 550 g/mol. The fourth-order valence-corrected chi connectivity index (χ4v) is 5.55. The molecule has 0 radical (unpaired) electrons. The molecule has 0 aromatic carbocycles. The lowest BCUT2D eigenvalue weighted by molar-refractivity contribution is -0.868. The number of hydrogen-bond acceptors (Lipinski definition) is 6. The fourth-order valence-electron chi connectivity index (χ4n) is 4.18. The second-order valence-corrected chi connectivity index (χ2v) is 13.5. The van der Waals surface area contributed by atoms with E-state index in [1.807, 2.05) is 21.1 Å². The number of esters is 1. The molecule has 0 bridgehead atoms. The van der Waals surface area contributed by atoms with Crippen LogP contribution in [0.2, 0.25) is 0 Å². The van der Waals surface area contributed by atoms with Crippen molar-refractivity contribution in [2.24, 2.45) is 0 Å². The highest BCUT2D eigenvalue weighted by Crippen LogP contribution is 2.37. The highest BCUT2D eigenvalue weighted by molar-refractivity contribution is 7.51. The molecule has 0 spiro atoms. The van der Waals surface area contributed by atoms with Crippen LogP contribution in [0.5, 0.6) is 0 Å². The van der Waals surface area contributed by atoms with Gasteiger partial charge in [-0.05, 0) is 6.42 Å². The number of ether oxygens (including phenoxy) is 2. The smallest absolute Gasteiger partial charge is 0.303 e. The van der Waals surface area contributed by atoms with Gasteiger partial charge in [0.25, 0.3) is 0 Å². The summed E-state index contributed by atoms with van der Waals surface area (Å²) in [6, 6.07) is 0. The van der Waals surface area contributed by atoms with Gasteiger partial charge in [-0.2, -0.15) is 0 Å². The van der Waals surface area contributed by atoms with Crippen LogP contribution in [0.15, 0.2) is 0 Å². The minimum absolute atomic E-state index is 0.0522. The summed E-state index contributed by atoms with van der Waals surface area (Å²) in [5.74, 6) is -0.470. The SMILES string of the molecule is CCCCCCCCCCCCCCCCCCCOCC(COP(=O)([O-])CC[N+](C)(C)C)OC(C)=O. The Hall–Kier alpha value is -0.460. The quantitative estimate of drug-likeness (QED) is 0.0481. The maximum Gasteiger partial charge on any atom is 0.303 e. The largest absolute Gasteiger partial charge is 0.778 e. The molecule has 222 valence electrons. The predicted molar refractivity (Wildman–Crippen MR) is 152 cm³/mol. The second-order valence-electron chi connectivity index (χ2n) is 11.6. The zero-order chi connectivity index (χ0) is 27.8. The molecule has 0 N–H and O–H groups in total. The molecular weight excluding hydrogens is 489 g/mol. The van der Waals surface area contributed by atoms with E-state index in [-0.39, 0.29) is 19.4 Å². The normalized spacial score (nSPS) is 14.4. The van der Waals surface area contributed by atoms with E-state index in [0.717, 1.165) is 12.8 Å². The topological polar surface area (TPSA) is 84.9 Å². The summed E-state index contributed by atoms with van der Waals surface area (Å²) >= 11 is 0. The summed E-state index contributed by atoms with van der Waals surface area (Å²) in [5.41, 5.74) is 0. The molecule has 8 heteroatoms. The van der Waals surface area contributed by atoms with Crippen LogP contribution in [0, 0.1) is 0 Å². The third-order valence-corrected chi connectivity index (χ3v) is 7.82. The Balaban J connectivity index is 3.66. The van der Waals surface area contributed by atoms with Crippen LogP contribution in [-0.2, 0) is 23.4 Å². The van der Waals surface area contributed by atoms with Crippen LogP contribution in [0.3, 0.4) is 0 Å². The molecule has 0 aliphatic carbocycles. The van der Waals surface area contributed by atoms with E-state index in [9.17, 15) is 14.3 Å². The van der Waals surface area contributed by atoms with Crippen molar-refractivity contribution in [2.75, 3.05) is 53.7 Å². The summed E-state index contributed by atoms with van der Waals surface area (Å²) in [6.45, 7) is 4.55.